The topological polar surface area (TPSA) is 105 Å². The van der Waals surface area contributed by atoms with Gasteiger partial charge in [-0.15, -0.1) is 11.3 Å². The molecule has 1 saturated heterocycles. The second-order valence-corrected chi connectivity index (χ2v) is 8.89. The summed E-state index contributed by atoms with van der Waals surface area (Å²) in [5.74, 6) is -1.46. The van der Waals surface area contributed by atoms with Crippen molar-refractivity contribution in [2.24, 2.45) is 0 Å². The fourth-order valence-corrected chi connectivity index (χ4v) is 3.96. The smallest absolute Gasteiger partial charge is 0.490 e. The average Bonchev–Trinajstić information content (AvgIpc) is 3.36. The summed E-state index contributed by atoms with van der Waals surface area (Å²) in [6.07, 6.45) is -5.08. The van der Waals surface area contributed by atoms with E-state index in [1.54, 1.807) is 19.2 Å². The van der Waals surface area contributed by atoms with Crippen LogP contribution in [0.1, 0.15) is 26.8 Å². The van der Waals surface area contributed by atoms with Crippen LogP contribution in [-0.4, -0.2) is 53.1 Å². The molecule has 8 nitrogen and oxygen atoms in total. The fraction of sp³-hybridized carbons (Fsp3) is 0.286. The third-order valence-electron chi connectivity index (χ3n) is 4.77. The number of aliphatic carboxylic acids is 1. The van der Waals surface area contributed by atoms with Gasteiger partial charge in [-0.2, -0.15) is 23.0 Å². The molecule has 4 rings (SSSR count). The molecule has 1 aromatic carbocycles. The molecular weight excluding hydrogens is 497 g/mol. The predicted octanol–water partition coefficient (Wildman–Crippen LogP) is 4.23. The first-order valence-electron chi connectivity index (χ1n) is 9.86. The zero-order chi connectivity index (χ0) is 24.9. The standard InChI is InChI=1S/C19H19ClN4O2S.C2HF3O2/c1-26-16-5-3-2-4-14(16)19(25)24-18(8-15(23-24)12-9-21-10-12)22-11-13-6-7-17(20)27-13;3-2(4,5)1(6)7/h2-8,12,21-22H,9-11H2,1H3;(H,6,7). The number of para-hydroxylation sites is 1. The molecule has 0 atom stereocenters. The first-order valence-corrected chi connectivity index (χ1v) is 11.1. The highest BCUT2D eigenvalue weighted by atomic mass is 35.5. The Hall–Kier alpha value is -3.09. The van der Waals surface area contributed by atoms with Gasteiger partial charge < -0.3 is 20.5 Å². The Kier molecular flexibility index (Phi) is 8.18. The summed E-state index contributed by atoms with van der Waals surface area (Å²) in [6, 6.07) is 13.0. The molecule has 13 heteroatoms. The highest BCUT2D eigenvalue weighted by Gasteiger charge is 2.38. The normalized spacial score (nSPS) is 13.4. The Balaban J connectivity index is 0.000000406. The lowest BCUT2D eigenvalue weighted by atomic mass is 10.00. The number of benzene rings is 1. The summed E-state index contributed by atoms with van der Waals surface area (Å²) in [7, 11) is 1.56. The van der Waals surface area contributed by atoms with Crippen LogP contribution < -0.4 is 15.4 Å². The van der Waals surface area contributed by atoms with Crippen molar-refractivity contribution in [1.29, 1.82) is 0 Å². The van der Waals surface area contributed by atoms with Crippen LogP contribution >= 0.6 is 22.9 Å². The molecule has 2 aromatic heterocycles. The van der Waals surface area contributed by atoms with E-state index in [9.17, 15) is 18.0 Å². The molecule has 0 amide bonds. The predicted molar refractivity (Wildman–Crippen MR) is 121 cm³/mol. The molecule has 3 heterocycles. The van der Waals surface area contributed by atoms with E-state index in [1.807, 2.05) is 30.3 Å². The van der Waals surface area contributed by atoms with Gasteiger partial charge in [-0.05, 0) is 24.3 Å². The number of carbonyl (C=O) groups is 2. The van der Waals surface area contributed by atoms with Gasteiger partial charge in [0.1, 0.15) is 11.6 Å². The molecule has 34 heavy (non-hydrogen) atoms. The van der Waals surface area contributed by atoms with E-state index in [1.165, 1.54) is 16.0 Å². The van der Waals surface area contributed by atoms with Gasteiger partial charge in [0, 0.05) is 30.0 Å². The van der Waals surface area contributed by atoms with Gasteiger partial charge >= 0.3 is 12.1 Å². The maximum absolute atomic E-state index is 13.2. The monoisotopic (exact) mass is 516 g/mol. The Morgan fingerprint density at radius 1 is 1.29 bits per heavy atom. The van der Waals surface area contributed by atoms with Crippen molar-refractivity contribution in [3.63, 3.8) is 0 Å². The van der Waals surface area contributed by atoms with Crippen LogP contribution in [0.4, 0.5) is 19.0 Å². The zero-order valence-corrected chi connectivity index (χ0v) is 19.3. The number of alkyl halides is 3. The minimum Gasteiger partial charge on any atom is -0.496 e. The van der Waals surface area contributed by atoms with E-state index in [4.69, 9.17) is 26.2 Å². The summed E-state index contributed by atoms with van der Waals surface area (Å²) in [4.78, 5) is 23.1. The quantitative estimate of drug-likeness (QED) is 0.450. The van der Waals surface area contributed by atoms with Crippen LogP contribution in [0, 0.1) is 0 Å². The maximum atomic E-state index is 13.2. The van der Waals surface area contributed by atoms with Crippen molar-refractivity contribution < 1.29 is 32.6 Å². The van der Waals surface area contributed by atoms with Crippen LogP contribution in [0.25, 0.3) is 0 Å². The SMILES string of the molecule is COc1ccccc1C(=O)n1nc(C2CNC2)cc1NCc1ccc(Cl)s1.O=C(O)C(F)(F)F. The molecule has 3 N–H and O–H groups in total. The molecule has 0 radical (unpaired) electrons. The number of carboxylic acid groups (broad SMARTS) is 1. The lowest BCUT2D eigenvalue weighted by Gasteiger charge is -2.24. The summed E-state index contributed by atoms with van der Waals surface area (Å²) in [6.45, 7) is 2.32. The van der Waals surface area contributed by atoms with Gasteiger partial charge in [-0.3, -0.25) is 4.79 Å². The molecular formula is C21H20ClF3N4O4S. The summed E-state index contributed by atoms with van der Waals surface area (Å²) in [5, 5.41) is 18.3. The van der Waals surface area contributed by atoms with Crippen LogP contribution in [0.5, 0.6) is 5.75 Å². The Bertz CT molecular complexity index is 1160. The second kappa shape index (κ2) is 10.9. The van der Waals surface area contributed by atoms with Gasteiger partial charge in [-0.25, -0.2) is 4.79 Å². The molecule has 0 saturated carbocycles. The fourth-order valence-electron chi connectivity index (χ4n) is 2.94. The van der Waals surface area contributed by atoms with Crippen LogP contribution in [-0.2, 0) is 11.3 Å². The van der Waals surface area contributed by atoms with Gasteiger partial charge in [0.2, 0.25) is 0 Å². The van der Waals surface area contributed by atoms with Crippen LogP contribution in [0.3, 0.4) is 0 Å². The lowest BCUT2D eigenvalue weighted by Crippen LogP contribution is -2.40. The van der Waals surface area contributed by atoms with Crippen molar-refractivity contribution in [1.82, 2.24) is 15.1 Å². The van der Waals surface area contributed by atoms with Gasteiger partial charge in [0.15, 0.2) is 0 Å². The number of hydrogen-bond acceptors (Lipinski definition) is 7. The first-order chi connectivity index (χ1) is 16.1. The van der Waals surface area contributed by atoms with Crippen molar-refractivity contribution in [2.45, 2.75) is 18.6 Å². The zero-order valence-electron chi connectivity index (χ0n) is 17.7. The number of nitrogens with one attached hydrogen (secondary N) is 2. The molecule has 0 spiro atoms. The number of nitrogens with zero attached hydrogens (tertiary/aromatic N) is 2. The summed E-state index contributed by atoms with van der Waals surface area (Å²) < 4.78 is 39.3. The highest BCUT2D eigenvalue weighted by molar-refractivity contribution is 7.16. The number of carbonyl (C=O) groups excluding carboxylic acids is 1. The Morgan fingerprint density at radius 2 is 1.97 bits per heavy atom. The van der Waals surface area contributed by atoms with E-state index < -0.39 is 12.1 Å². The number of thiophene rings is 1. The third-order valence-corrected chi connectivity index (χ3v) is 6.00. The van der Waals surface area contributed by atoms with Crippen molar-refractivity contribution in [3.05, 3.63) is 62.9 Å². The van der Waals surface area contributed by atoms with E-state index in [0.717, 1.165) is 28.0 Å². The Labute approximate surface area is 201 Å². The minimum absolute atomic E-state index is 0.224. The second-order valence-electron chi connectivity index (χ2n) is 7.09. The van der Waals surface area contributed by atoms with E-state index in [-0.39, 0.29) is 5.91 Å². The highest BCUT2D eigenvalue weighted by Crippen LogP contribution is 2.27. The molecule has 0 unspecified atom stereocenters. The van der Waals surface area contributed by atoms with E-state index in [0.29, 0.717) is 29.6 Å². The molecule has 1 fully saturated rings. The van der Waals surface area contributed by atoms with Crippen molar-refractivity contribution in [3.8, 4) is 5.75 Å². The number of ether oxygens (including phenoxy) is 1. The average molecular weight is 517 g/mol. The molecule has 1 aliphatic rings. The number of methoxy groups -OCH3 is 1. The molecule has 0 bridgehead atoms. The summed E-state index contributed by atoms with van der Waals surface area (Å²) in [5.41, 5.74) is 1.38. The number of rotatable bonds is 6. The third kappa shape index (κ3) is 6.27. The lowest BCUT2D eigenvalue weighted by molar-refractivity contribution is -0.192. The maximum Gasteiger partial charge on any atom is 0.490 e. The van der Waals surface area contributed by atoms with Crippen molar-refractivity contribution >= 4 is 40.6 Å². The molecule has 182 valence electrons. The number of hydrogen-bond donors (Lipinski definition) is 3. The van der Waals surface area contributed by atoms with Gasteiger partial charge in [-0.1, -0.05) is 23.7 Å². The van der Waals surface area contributed by atoms with E-state index in [2.05, 4.69) is 15.7 Å². The largest absolute Gasteiger partial charge is 0.496 e. The molecule has 1 aliphatic heterocycles. The number of halogens is 4. The Morgan fingerprint density at radius 3 is 2.50 bits per heavy atom. The van der Waals surface area contributed by atoms with Gasteiger partial charge in [0.25, 0.3) is 5.91 Å². The molecule has 0 aliphatic carbocycles. The summed E-state index contributed by atoms with van der Waals surface area (Å²) >= 11 is 7.52. The number of carboxylic acids is 1. The molecule has 3 aromatic rings. The van der Waals surface area contributed by atoms with Crippen molar-refractivity contribution in [2.75, 3.05) is 25.5 Å². The number of aromatic nitrogens is 2. The van der Waals surface area contributed by atoms with Crippen LogP contribution in [0.15, 0.2) is 42.5 Å². The van der Waals surface area contributed by atoms with E-state index >= 15 is 0 Å². The van der Waals surface area contributed by atoms with Gasteiger partial charge in [0.05, 0.1) is 29.2 Å². The first kappa shape index (κ1) is 25.5. The minimum atomic E-state index is -5.08. The van der Waals surface area contributed by atoms with Crippen LogP contribution in [0.2, 0.25) is 4.34 Å². The number of anilines is 1.